The third-order valence-corrected chi connectivity index (χ3v) is 2.54. The van der Waals surface area contributed by atoms with Crippen LogP contribution in [0.5, 0.6) is 0 Å². The molecule has 17 heavy (non-hydrogen) atoms. The van der Waals surface area contributed by atoms with Crippen LogP contribution in [-0.2, 0) is 9.53 Å². The predicted octanol–water partition coefficient (Wildman–Crippen LogP) is 0.325. The lowest BCUT2D eigenvalue weighted by molar-refractivity contribution is -0.457. The van der Waals surface area contributed by atoms with Gasteiger partial charge < -0.3 is 4.74 Å². The number of carbonyl (C=O) groups is 1. The first-order chi connectivity index (χ1) is 8.29. The molecule has 1 aromatic rings. The second kappa shape index (κ2) is 5.65. The van der Waals surface area contributed by atoms with Crippen LogP contribution in [0, 0.1) is 0 Å². The standard InChI is InChI=1S/C12H12N2O2S/c15-11(8-17)16-7-10-6-13-12(14-10)9-4-2-1-3-5-9/h1-6,17H,7-8H2,(H,13,14)/p+1. The molecule has 2 rings (SSSR count). The van der Waals surface area contributed by atoms with Crippen LogP contribution < -0.4 is 5.32 Å². The van der Waals surface area contributed by atoms with Gasteiger partial charge in [0.15, 0.2) is 0 Å². The van der Waals surface area contributed by atoms with Gasteiger partial charge in [-0.2, -0.15) is 17.6 Å². The summed E-state index contributed by atoms with van der Waals surface area (Å²) in [5.74, 6) is 0.645. The predicted molar refractivity (Wildman–Crippen MR) is 67.8 cm³/mol. The number of quaternary nitrogens is 1. The smallest absolute Gasteiger partial charge is 0.316 e. The number of benzene rings is 1. The highest BCUT2D eigenvalue weighted by Crippen LogP contribution is 2.05. The number of carbonyl (C=O) groups excluding carboxylic acids is 1. The van der Waals surface area contributed by atoms with Crippen molar-refractivity contribution < 1.29 is 14.8 Å². The zero-order valence-corrected chi connectivity index (χ0v) is 10.1. The van der Waals surface area contributed by atoms with E-state index in [4.69, 9.17) is 4.74 Å². The van der Waals surface area contributed by atoms with Crippen molar-refractivity contribution in [3.63, 3.8) is 0 Å². The summed E-state index contributed by atoms with van der Waals surface area (Å²) in [5.41, 5.74) is 1.80. The lowest BCUT2D eigenvalue weighted by atomic mass is 10.2. The van der Waals surface area contributed by atoms with Gasteiger partial charge in [-0.25, -0.2) is 0 Å². The van der Waals surface area contributed by atoms with Crippen molar-refractivity contribution in [1.82, 2.24) is 0 Å². The highest BCUT2D eigenvalue weighted by molar-refractivity contribution is 7.81. The van der Waals surface area contributed by atoms with Gasteiger partial charge in [0.2, 0.25) is 5.84 Å². The number of aliphatic imine (C=N–C) groups is 1. The Morgan fingerprint density at radius 1 is 1.35 bits per heavy atom. The molecule has 0 saturated heterocycles. The van der Waals surface area contributed by atoms with E-state index in [1.54, 1.807) is 0 Å². The van der Waals surface area contributed by atoms with Crippen molar-refractivity contribution in [2.75, 3.05) is 12.4 Å². The van der Waals surface area contributed by atoms with Crippen LogP contribution in [0.1, 0.15) is 5.56 Å². The number of hydrogen-bond donors (Lipinski definition) is 2. The Morgan fingerprint density at radius 2 is 2.12 bits per heavy atom. The van der Waals surface area contributed by atoms with Crippen LogP contribution >= 0.6 is 12.6 Å². The number of nitrogens with zero attached hydrogens (tertiary/aromatic N) is 1. The van der Waals surface area contributed by atoms with Crippen LogP contribution in [0.25, 0.3) is 0 Å². The molecule has 0 bridgehead atoms. The third kappa shape index (κ3) is 3.18. The van der Waals surface area contributed by atoms with Crippen molar-refractivity contribution >= 4 is 24.4 Å². The van der Waals surface area contributed by atoms with Gasteiger partial charge >= 0.3 is 5.97 Å². The van der Waals surface area contributed by atoms with E-state index in [1.165, 1.54) is 0 Å². The molecule has 1 aliphatic rings. The first-order valence-corrected chi connectivity index (χ1v) is 5.87. The number of ether oxygens (including phenoxy) is 1. The Bertz CT molecular complexity index is 469. The minimum Gasteiger partial charge on any atom is -0.458 e. The molecule has 0 aliphatic carbocycles. The molecule has 0 saturated carbocycles. The van der Waals surface area contributed by atoms with Gasteiger partial charge in [-0.3, -0.25) is 10.1 Å². The maximum atomic E-state index is 10.9. The number of rotatable bonds is 4. The van der Waals surface area contributed by atoms with E-state index in [0.717, 1.165) is 17.1 Å². The molecular formula is C12H13N2O2S+. The van der Waals surface area contributed by atoms with Crippen molar-refractivity contribution in [2.45, 2.75) is 0 Å². The fraction of sp³-hybridized carbons (Fsp3) is 0.167. The topological polar surface area (TPSA) is 55.3 Å². The number of hydrogen-bond acceptors (Lipinski definition) is 4. The Labute approximate surface area is 105 Å². The zero-order valence-electron chi connectivity index (χ0n) is 9.17. The van der Waals surface area contributed by atoms with E-state index in [-0.39, 0.29) is 18.3 Å². The fourth-order valence-corrected chi connectivity index (χ4v) is 1.55. The summed E-state index contributed by atoms with van der Waals surface area (Å²) in [7, 11) is 0. The number of amidine groups is 1. The molecule has 0 unspecified atom stereocenters. The van der Waals surface area contributed by atoms with Crippen LogP contribution in [-0.4, -0.2) is 24.2 Å². The molecule has 0 radical (unpaired) electrons. The second-order valence-corrected chi connectivity index (χ2v) is 3.82. The third-order valence-electron chi connectivity index (χ3n) is 2.28. The van der Waals surface area contributed by atoms with Gasteiger partial charge in [-0.1, -0.05) is 18.2 Å². The number of thiol groups is 1. The highest BCUT2D eigenvalue weighted by atomic mass is 32.1. The quantitative estimate of drug-likeness (QED) is 0.596. The van der Waals surface area contributed by atoms with Crippen molar-refractivity contribution in [3.05, 3.63) is 47.8 Å². The molecule has 2 N–H and O–H groups in total. The normalized spacial score (nSPS) is 14.2. The highest BCUT2D eigenvalue weighted by Gasteiger charge is 2.16. The van der Waals surface area contributed by atoms with Gasteiger partial charge in [0.05, 0.1) is 11.3 Å². The van der Waals surface area contributed by atoms with Gasteiger partial charge in [-0.15, -0.1) is 0 Å². The number of esters is 1. The summed E-state index contributed by atoms with van der Waals surface area (Å²) in [4.78, 5) is 15.3. The molecule has 88 valence electrons. The van der Waals surface area contributed by atoms with Crippen molar-refractivity contribution in [1.29, 1.82) is 0 Å². The first-order valence-electron chi connectivity index (χ1n) is 5.24. The van der Waals surface area contributed by atoms with E-state index in [0.29, 0.717) is 0 Å². The van der Waals surface area contributed by atoms with E-state index >= 15 is 0 Å². The molecule has 1 aliphatic heterocycles. The Hall–Kier alpha value is -1.59. The van der Waals surface area contributed by atoms with E-state index in [9.17, 15) is 4.79 Å². The summed E-state index contributed by atoms with van der Waals surface area (Å²) in [5, 5.41) is 1.92. The molecule has 0 fully saturated rings. The summed E-state index contributed by atoms with van der Waals surface area (Å²) >= 11 is 3.83. The van der Waals surface area contributed by atoms with Crippen LogP contribution in [0.15, 0.2) is 47.2 Å². The van der Waals surface area contributed by atoms with Crippen LogP contribution in [0.4, 0.5) is 0 Å². The molecule has 1 aromatic carbocycles. The molecule has 5 heteroatoms. The summed E-state index contributed by atoms with van der Waals surface area (Å²) < 4.78 is 4.95. The average molecular weight is 249 g/mol. The van der Waals surface area contributed by atoms with E-state index in [2.05, 4.69) is 17.6 Å². The number of nitrogens with two attached hydrogens (primary N) is 1. The Morgan fingerprint density at radius 3 is 2.82 bits per heavy atom. The molecule has 0 amide bonds. The summed E-state index contributed by atoms with van der Waals surface area (Å²) in [6.45, 7) is 0.201. The van der Waals surface area contributed by atoms with Crippen molar-refractivity contribution in [3.8, 4) is 0 Å². The van der Waals surface area contributed by atoms with Gasteiger partial charge in [0.1, 0.15) is 18.5 Å². The molecular weight excluding hydrogens is 236 g/mol. The summed E-state index contributed by atoms with van der Waals surface area (Å²) in [6.07, 6.45) is 1.86. The second-order valence-electron chi connectivity index (χ2n) is 3.51. The molecule has 1 heterocycles. The Kier molecular flexibility index (Phi) is 3.95. The SMILES string of the molecule is O=C(CS)OCC1=C[NH2+]C(c2ccccc2)=N1. The largest absolute Gasteiger partial charge is 0.458 e. The average Bonchev–Trinajstić information content (AvgIpc) is 2.86. The monoisotopic (exact) mass is 249 g/mol. The lowest BCUT2D eigenvalue weighted by Gasteiger charge is -1.98. The van der Waals surface area contributed by atoms with Crippen LogP contribution in [0.3, 0.4) is 0 Å². The van der Waals surface area contributed by atoms with Crippen molar-refractivity contribution in [2.24, 2.45) is 4.99 Å². The zero-order chi connectivity index (χ0) is 12.1. The molecule has 0 aromatic heterocycles. The minimum absolute atomic E-state index is 0.0895. The van der Waals surface area contributed by atoms with E-state index in [1.807, 2.05) is 41.8 Å². The molecule has 4 nitrogen and oxygen atoms in total. The van der Waals surface area contributed by atoms with Gasteiger partial charge in [-0.05, 0) is 12.1 Å². The maximum absolute atomic E-state index is 10.9. The van der Waals surface area contributed by atoms with Gasteiger partial charge in [0.25, 0.3) is 0 Å². The van der Waals surface area contributed by atoms with Gasteiger partial charge in [0, 0.05) is 0 Å². The maximum Gasteiger partial charge on any atom is 0.316 e. The first kappa shape index (κ1) is 11.9. The lowest BCUT2D eigenvalue weighted by Crippen LogP contribution is -2.81. The van der Waals surface area contributed by atoms with Crippen LogP contribution in [0.2, 0.25) is 0 Å². The summed E-state index contributed by atoms with van der Waals surface area (Å²) in [6, 6.07) is 9.87. The van der Waals surface area contributed by atoms with E-state index < -0.39 is 0 Å². The minimum atomic E-state index is -0.336. The fourth-order valence-electron chi connectivity index (χ4n) is 1.45. The molecule has 0 spiro atoms. The Balaban J connectivity index is 1.96. The molecule has 0 atom stereocenters.